The summed E-state index contributed by atoms with van der Waals surface area (Å²) in [4.78, 5) is 14.6. The lowest BCUT2D eigenvalue weighted by Crippen LogP contribution is -2.34. The second kappa shape index (κ2) is 7.19. The Morgan fingerprint density at radius 3 is 2.44 bits per heavy atom. The van der Waals surface area contributed by atoms with Crippen LogP contribution in [-0.2, 0) is 6.67 Å². The summed E-state index contributed by atoms with van der Waals surface area (Å²) in [6.45, 7) is 2.68. The Morgan fingerprint density at radius 1 is 0.840 bits per heavy atom. The fourth-order valence-corrected chi connectivity index (χ4v) is 3.61. The summed E-state index contributed by atoms with van der Waals surface area (Å²) in [6.07, 6.45) is 4.99. The molecule has 0 bridgehead atoms. The largest absolute Gasteiger partial charge is 0.284 e. The molecule has 0 saturated carbocycles. The molecular weight excluding hydrogens is 310 g/mol. The Morgan fingerprint density at radius 2 is 1.60 bits per heavy atom. The van der Waals surface area contributed by atoms with Gasteiger partial charge in [-0.1, -0.05) is 55.3 Å². The molecule has 0 N–H and O–H groups in total. The van der Waals surface area contributed by atoms with E-state index >= 15 is 0 Å². The lowest BCUT2D eigenvalue weighted by Gasteiger charge is -2.20. The molecule has 0 unspecified atom stereocenters. The molecule has 4 nitrogen and oxygen atoms in total. The van der Waals surface area contributed by atoms with Crippen molar-refractivity contribution in [2.24, 2.45) is 0 Å². The summed E-state index contributed by atoms with van der Waals surface area (Å²) >= 11 is 0. The molecule has 128 valence electrons. The summed E-state index contributed by atoms with van der Waals surface area (Å²) < 4.78 is 1.61. The van der Waals surface area contributed by atoms with E-state index in [1.54, 1.807) is 10.7 Å². The van der Waals surface area contributed by atoms with Crippen molar-refractivity contribution in [1.29, 1.82) is 0 Å². The third-order valence-electron chi connectivity index (χ3n) is 4.96. The highest BCUT2D eigenvalue weighted by molar-refractivity contribution is 5.95. The molecule has 0 amide bonds. The van der Waals surface area contributed by atoms with Gasteiger partial charge in [0.05, 0.1) is 12.4 Å². The first-order valence-electron chi connectivity index (χ1n) is 9.10. The lowest BCUT2D eigenvalue weighted by molar-refractivity contribution is 0.210. The van der Waals surface area contributed by atoms with Crippen molar-refractivity contribution < 1.29 is 0 Å². The Labute approximate surface area is 147 Å². The van der Waals surface area contributed by atoms with Gasteiger partial charge in [-0.3, -0.25) is 9.69 Å². The molecule has 1 aliphatic heterocycles. The van der Waals surface area contributed by atoms with E-state index in [9.17, 15) is 4.79 Å². The molecule has 25 heavy (non-hydrogen) atoms. The van der Waals surface area contributed by atoms with Gasteiger partial charge in [-0.2, -0.15) is 5.10 Å². The fraction of sp³-hybridized carbons (Fsp3) is 0.333. The van der Waals surface area contributed by atoms with E-state index in [4.69, 9.17) is 0 Å². The van der Waals surface area contributed by atoms with E-state index in [0.717, 1.165) is 29.7 Å². The molecule has 2 heterocycles. The monoisotopic (exact) mass is 333 g/mol. The van der Waals surface area contributed by atoms with E-state index in [1.807, 2.05) is 24.3 Å². The molecule has 0 atom stereocenters. The number of hydrogen-bond acceptors (Lipinski definition) is 3. The van der Waals surface area contributed by atoms with Gasteiger partial charge in [0.1, 0.15) is 0 Å². The number of nitrogens with zero attached hydrogens (tertiary/aromatic N) is 3. The summed E-state index contributed by atoms with van der Waals surface area (Å²) in [7, 11) is 0. The highest BCUT2D eigenvalue weighted by Crippen LogP contribution is 2.26. The quantitative estimate of drug-likeness (QED) is 0.730. The van der Waals surface area contributed by atoms with Crippen LogP contribution in [0.5, 0.6) is 0 Å². The maximum absolute atomic E-state index is 12.3. The number of rotatable bonds is 3. The van der Waals surface area contributed by atoms with Crippen molar-refractivity contribution in [1.82, 2.24) is 14.7 Å². The number of likely N-dealkylation sites (tertiary alicyclic amines) is 1. The number of benzene rings is 2. The predicted molar refractivity (Wildman–Crippen MR) is 101 cm³/mol. The average molecular weight is 333 g/mol. The first kappa shape index (κ1) is 16.0. The fourth-order valence-electron chi connectivity index (χ4n) is 3.61. The van der Waals surface area contributed by atoms with Crippen LogP contribution in [0.1, 0.15) is 25.7 Å². The van der Waals surface area contributed by atoms with Gasteiger partial charge >= 0.3 is 0 Å². The van der Waals surface area contributed by atoms with Crippen molar-refractivity contribution >= 4 is 10.8 Å². The van der Waals surface area contributed by atoms with E-state index in [-0.39, 0.29) is 5.56 Å². The standard InChI is InChI=1S/C21H23N3O/c25-21-13-12-20(19-11-7-9-17-8-3-4-10-18(17)19)22-24(21)16-23-14-5-1-2-6-15-23/h3-4,7-13H,1-2,5-6,14-16H2. The highest BCUT2D eigenvalue weighted by Gasteiger charge is 2.12. The van der Waals surface area contributed by atoms with Crippen LogP contribution in [0.2, 0.25) is 0 Å². The summed E-state index contributed by atoms with van der Waals surface area (Å²) in [5.41, 5.74) is 1.89. The first-order chi connectivity index (χ1) is 12.3. The summed E-state index contributed by atoms with van der Waals surface area (Å²) in [6, 6.07) is 18.0. The average Bonchev–Trinajstić information content (AvgIpc) is 2.92. The van der Waals surface area contributed by atoms with Crippen LogP contribution in [0.4, 0.5) is 0 Å². The van der Waals surface area contributed by atoms with Gasteiger partial charge in [0.15, 0.2) is 0 Å². The minimum absolute atomic E-state index is 0.0340. The molecule has 3 aromatic rings. The molecule has 1 aromatic heterocycles. The molecule has 0 aliphatic carbocycles. The maximum atomic E-state index is 12.3. The minimum Gasteiger partial charge on any atom is -0.284 e. The Bertz CT molecular complexity index is 918. The number of fused-ring (bicyclic) bond motifs is 1. The third-order valence-corrected chi connectivity index (χ3v) is 4.96. The van der Waals surface area contributed by atoms with Gasteiger partial charge in [-0.05, 0) is 42.8 Å². The van der Waals surface area contributed by atoms with Gasteiger partial charge in [0.25, 0.3) is 5.56 Å². The van der Waals surface area contributed by atoms with Gasteiger partial charge < -0.3 is 0 Å². The third kappa shape index (κ3) is 3.49. The van der Waals surface area contributed by atoms with E-state index < -0.39 is 0 Å². The zero-order valence-corrected chi connectivity index (χ0v) is 14.4. The Balaban J connectivity index is 1.70. The predicted octanol–water partition coefficient (Wildman–Crippen LogP) is 3.90. The molecule has 1 aliphatic rings. The van der Waals surface area contributed by atoms with Crippen LogP contribution in [0.15, 0.2) is 59.4 Å². The SMILES string of the molecule is O=c1ccc(-c2cccc3ccccc23)nn1CN1CCCCCC1. The van der Waals surface area contributed by atoms with E-state index in [1.165, 1.54) is 31.1 Å². The smallest absolute Gasteiger partial charge is 0.268 e. The molecule has 0 spiro atoms. The second-order valence-electron chi connectivity index (χ2n) is 6.76. The summed E-state index contributed by atoms with van der Waals surface area (Å²) in [5.74, 6) is 0. The molecule has 4 heteroatoms. The molecule has 1 saturated heterocycles. The normalized spacial score (nSPS) is 16.0. The first-order valence-corrected chi connectivity index (χ1v) is 9.10. The van der Waals surface area contributed by atoms with Crippen LogP contribution < -0.4 is 5.56 Å². The van der Waals surface area contributed by atoms with Crippen molar-refractivity contribution in [3.05, 3.63) is 65.0 Å². The molecule has 2 aromatic carbocycles. The van der Waals surface area contributed by atoms with Crippen LogP contribution >= 0.6 is 0 Å². The number of aromatic nitrogens is 2. The zero-order chi connectivity index (χ0) is 17.1. The van der Waals surface area contributed by atoms with E-state index in [0.29, 0.717) is 6.67 Å². The minimum atomic E-state index is -0.0340. The Hall–Kier alpha value is -2.46. The van der Waals surface area contributed by atoms with Gasteiger partial charge in [-0.25, -0.2) is 4.68 Å². The van der Waals surface area contributed by atoms with Crippen molar-refractivity contribution in [2.75, 3.05) is 13.1 Å². The topological polar surface area (TPSA) is 38.1 Å². The van der Waals surface area contributed by atoms with E-state index in [2.05, 4.69) is 34.3 Å². The lowest BCUT2D eigenvalue weighted by atomic mass is 10.0. The highest BCUT2D eigenvalue weighted by atomic mass is 16.1. The number of hydrogen-bond donors (Lipinski definition) is 0. The van der Waals surface area contributed by atoms with Crippen LogP contribution in [0.25, 0.3) is 22.0 Å². The Kier molecular flexibility index (Phi) is 4.61. The maximum Gasteiger partial charge on any atom is 0.268 e. The van der Waals surface area contributed by atoms with Crippen LogP contribution in [-0.4, -0.2) is 27.8 Å². The van der Waals surface area contributed by atoms with Gasteiger partial charge in [0, 0.05) is 11.6 Å². The van der Waals surface area contributed by atoms with Gasteiger partial charge in [0.2, 0.25) is 0 Å². The molecule has 0 radical (unpaired) electrons. The summed E-state index contributed by atoms with van der Waals surface area (Å²) in [5, 5.41) is 7.03. The van der Waals surface area contributed by atoms with Crippen LogP contribution in [0, 0.1) is 0 Å². The molecule has 1 fully saturated rings. The van der Waals surface area contributed by atoms with Crippen molar-refractivity contribution in [3.8, 4) is 11.3 Å². The van der Waals surface area contributed by atoms with Crippen molar-refractivity contribution in [3.63, 3.8) is 0 Å². The second-order valence-corrected chi connectivity index (χ2v) is 6.76. The van der Waals surface area contributed by atoms with Gasteiger partial charge in [-0.15, -0.1) is 0 Å². The zero-order valence-electron chi connectivity index (χ0n) is 14.4. The van der Waals surface area contributed by atoms with Crippen molar-refractivity contribution in [2.45, 2.75) is 32.4 Å². The molecule has 4 rings (SSSR count). The van der Waals surface area contributed by atoms with Crippen LogP contribution in [0.3, 0.4) is 0 Å². The molecular formula is C21H23N3O.